The zero-order valence-electron chi connectivity index (χ0n) is 21.2. The van der Waals surface area contributed by atoms with Crippen LogP contribution in [0.2, 0.25) is 0 Å². The van der Waals surface area contributed by atoms with E-state index in [0.717, 1.165) is 36.8 Å². The summed E-state index contributed by atoms with van der Waals surface area (Å²) in [6, 6.07) is 20.4. The summed E-state index contributed by atoms with van der Waals surface area (Å²) in [6.07, 6.45) is 12.9. The average Bonchev–Trinajstić information content (AvgIpc) is 2.85. The van der Waals surface area contributed by atoms with E-state index in [-0.39, 0.29) is 23.9 Å². The average molecular weight is 465 g/mol. The molecule has 2 aromatic carbocycles. The zero-order valence-corrected chi connectivity index (χ0v) is 21.2. The summed E-state index contributed by atoms with van der Waals surface area (Å²) in [5.41, 5.74) is 2.30. The standard InChI is InChI=1S/C30H44N2O2/c1-25(27-19-13-11-14-20-27)31-29(33)23-17-9-7-5-3-4-6-8-10-18-24-30(34)32-26(2)28-21-15-12-16-22-28/h11-16,19-22,25-26H,3-10,17-18,23-24H2,1-2H3,(H,31,33)(H,32,34)/t25-,26-/m0/s1. The van der Waals surface area contributed by atoms with Crippen molar-refractivity contribution in [3.8, 4) is 0 Å². The third-order valence-electron chi connectivity index (χ3n) is 6.41. The molecule has 2 aromatic rings. The molecule has 0 radical (unpaired) electrons. The number of hydrogen-bond acceptors (Lipinski definition) is 2. The highest BCUT2D eigenvalue weighted by Crippen LogP contribution is 2.15. The molecule has 0 bridgehead atoms. The number of carbonyl (C=O) groups is 2. The quantitative estimate of drug-likeness (QED) is 0.239. The molecule has 2 amide bonds. The molecule has 0 fully saturated rings. The van der Waals surface area contributed by atoms with E-state index in [1.165, 1.54) is 38.5 Å². The Kier molecular flexibility index (Phi) is 13.7. The summed E-state index contributed by atoms with van der Waals surface area (Å²) < 4.78 is 0. The van der Waals surface area contributed by atoms with Crippen LogP contribution in [0.1, 0.15) is 114 Å². The van der Waals surface area contributed by atoms with Gasteiger partial charge in [-0.1, -0.05) is 112 Å². The largest absolute Gasteiger partial charge is 0.350 e. The lowest BCUT2D eigenvalue weighted by Gasteiger charge is -2.14. The lowest BCUT2D eigenvalue weighted by Crippen LogP contribution is -2.26. The minimum absolute atomic E-state index is 0.0703. The predicted molar refractivity (Wildman–Crippen MR) is 141 cm³/mol. The van der Waals surface area contributed by atoms with Crippen LogP contribution in [0, 0.1) is 0 Å². The minimum atomic E-state index is 0.0703. The maximum absolute atomic E-state index is 12.1. The Balaban J connectivity index is 1.36. The molecule has 186 valence electrons. The predicted octanol–water partition coefficient (Wildman–Crippen LogP) is 7.42. The van der Waals surface area contributed by atoms with E-state index in [0.29, 0.717) is 12.8 Å². The molecule has 34 heavy (non-hydrogen) atoms. The fourth-order valence-corrected chi connectivity index (χ4v) is 4.26. The molecule has 0 unspecified atom stereocenters. The van der Waals surface area contributed by atoms with Crippen LogP contribution in [0.4, 0.5) is 0 Å². The number of unbranched alkanes of at least 4 members (excludes halogenated alkanes) is 9. The van der Waals surface area contributed by atoms with Crippen molar-refractivity contribution in [1.82, 2.24) is 10.6 Å². The van der Waals surface area contributed by atoms with Gasteiger partial charge in [-0.2, -0.15) is 0 Å². The van der Waals surface area contributed by atoms with Crippen molar-refractivity contribution in [2.45, 2.75) is 103 Å². The molecule has 0 spiro atoms. The second kappa shape index (κ2) is 16.9. The summed E-state index contributed by atoms with van der Waals surface area (Å²) in [7, 11) is 0. The van der Waals surface area contributed by atoms with Gasteiger partial charge in [0.1, 0.15) is 0 Å². The molecule has 0 heterocycles. The molecule has 2 rings (SSSR count). The summed E-state index contributed by atoms with van der Waals surface area (Å²) in [6.45, 7) is 4.07. The first-order chi connectivity index (χ1) is 16.6. The van der Waals surface area contributed by atoms with E-state index in [1.54, 1.807) is 0 Å². The second-order valence-corrected chi connectivity index (χ2v) is 9.44. The Morgan fingerprint density at radius 2 is 0.824 bits per heavy atom. The van der Waals surface area contributed by atoms with Gasteiger partial charge in [0, 0.05) is 12.8 Å². The SMILES string of the molecule is C[C@H](NC(=O)CCCCCCCCCCCCC(=O)N[C@@H](C)c1ccccc1)c1ccccc1. The molecule has 0 aliphatic carbocycles. The van der Waals surface area contributed by atoms with Gasteiger partial charge in [0.15, 0.2) is 0 Å². The number of nitrogens with one attached hydrogen (secondary N) is 2. The number of amides is 2. The molecule has 0 saturated carbocycles. The molecule has 0 aliphatic rings. The van der Waals surface area contributed by atoms with Gasteiger partial charge in [-0.15, -0.1) is 0 Å². The summed E-state index contributed by atoms with van der Waals surface area (Å²) in [5.74, 6) is 0.305. The van der Waals surface area contributed by atoms with Crippen molar-refractivity contribution >= 4 is 11.8 Å². The summed E-state index contributed by atoms with van der Waals surface area (Å²) in [5, 5.41) is 6.18. The Morgan fingerprint density at radius 1 is 0.529 bits per heavy atom. The fraction of sp³-hybridized carbons (Fsp3) is 0.533. The van der Waals surface area contributed by atoms with Gasteiger partial charge in [-0.25, -0.2) is 0 Å². The number of carbonyl (C=O) groups excluding carboxylic acids is 2. The van der Waals surface area contributed by atoms with Crippen molar-refractivity contribution in [2.24, 2.45) is 0 Å². The molecular formula is C30H44N2O2. The van der Waals surface area contributed by atoms with Crippen LogP contribution in [0.3, 0.4) is 0 Å². The van der Waals surface area contributed by atoms with Crippen LogP contribution in [0.5, 0.6) is 0 Å². The zero-order chi connectivity index (χ0) is 24.4. The van der Waals surface area contributed by atoms with E-state index in [4.69, 9.17) is 0 Å². The molecule has 0 aliphatic heterocycles. The summed E-state index contributed by atoms with van der Waals surface area (Å²) in [4.78, 5) is 24.2. The minimum Gasteiger partial charge on any atom is -0.350 e. The van der Waals surface area contributed by atoms with Crippen LogP contribution < -0.4 is 10.6 Å². The molecule has 2 N–H and O–H groups in total. The highest BCUT2D eigenvalue weighted by molar-refractivity contribution is 5.76. The first-order valence-corrected chi connectivity index (χ1v) is 13.2. The number of benzene rings is 2. The maximum Gasteiger partial charge on any atom is 0.220 e. The van der Waals surface area contributed by atoms with Gasteiger partial charge in [0.25, 0.3) is 0 Å². The van der Waals surface area contributed by atoms with E-state index in [2.05, 4.69) is 34.9 Å². The topological polar surface area (TPSA) is 58.2 Å². The van der Waals surface area contributed by atoms with Gasteiger partial charge in [-0.05, 0) is 37.8 Å². The van der Waals surface area contributed by atoms with Crippen LogP contribution >= 0.6 is 0 Å². The Morgan fingerprint density at radius 3 is 1.15 bits per heavy atom. The molecule has 0 saturated heterocycles. The van der Waals surface area contributed by atoms with Gasteiger partial charge in [-0.3, -0.25) is 9.59 Å². The highest BCUT2D eigenvalue weighted by Gasteiger charge is 2.09. The number of rotatable bonds is 17. The van der Waals surface area contributed by atoms with E-state index in [1.807, 2.05) is 50.2 Å². The summed E-state index contributed by atoms with van der Waals surface area (Å²) >= 11 is 0. The first kappa shape index (κ1) is 27.6. The van der Waals surface area contributed by atoms with Crippen molar-refractivity contribution in [2.75, 3.05) is 0 Å². The second-order valence-electron chi connectivity index (χ2n) is 9.44. The molecule has 0 aromatic heterocycles. The molecule has 4 nitrogen and oxygen atoms in total. The Hall–Kier alpha value is -2.62. The fourth-order valence-electron chi connectivity index (χ4n) is 4.26. The first-order valence-electron chi connectivity index (χ1n) is 13.2. The third-order valence-corrected chi connectivity index (χ3v) is 6.41. The van der Waals surface area contributed by atoms with E-state index < -0.39 is 0 Å². The van der Waals surface area contributed by atoms with Crippen LogP contribution in [0.15, 0.2) is 60.7 Å². The van der Waals surface area contributed by atoms with Crippen molar-refractivity contribution in [3.05, 3.63) is 71.8 Å². The van der Waals surface area contributed by atoms with E-state index in [9.17, 15) is 9.59 Å². The van der Waals surface area contributed by atoms with Gasteiger partial charge in [0.2, 0.25) is 11.8 Å². The normalized spacial score (nSPS) is 12.6. The Bertz CT molecular complexity index is 738. The van der Waals surface area contributed by atoms with Gasteiger partial charge >= 0.3 is 0 Å². The highest BCUT2D eigenvalue weighted by atomic mass is 16.2. The van der Waals surface area contributed by atoms with Gasteiger partial charge < -0.3 is 10.6 Å². The molecular weight excluding hydrogens is 420 g/mol. The molecule has 2 atom stereocenters. The monoisotopic (exact) mass is 464 g/mol. The smallest absolute Gasteiger partial charge is 0.220 e. The van der Waals surface area contributed by atoms with E-state index >= 15 is 0 Å². The van der Waals surface area contributed by atoms with Crippen molar-refractivity contribution in [1.29, 1.82) is 0 Å². The molecule has 4 heteroatoms. The maximum atomic E-state index is 12.1. The number of hydrogen-bond donors (Lipinski definition) is 2. The Labute approximate surface area is 206 Å². The van der Waals surface area contributed by atoms with Crippen LogP contribution in [0.25, 0.3) is 0 Å². The van der Waals surface area contributed by atoms with Crippen molar-refractivity contribution in [3.63, 3.8) is 0 Å². The lowest BCUT2D eigenvalue weighted by atomic mass is 10.0. The van der Waals surface area contributed by atoms with Crippen LogP contribution in [-0.2, 0) is 9.59 Å². The lowest BCUT2D eigenvalue weighted by molar-refractivity contribution is -0.122. The van der Waals surface area contributed by atoms with Crippen LogP contribution in [-0.4, -0.2) is 11.8 Å². The van der Waals surface area contributed by atoms with Crippen molar-refractivity contribution < 1.29 is 9.59 Å². The van der Waals surface area contributed by atoms with Gasteiger partial charge in [0.05, 0.1) is 12.1 Å². The third kappa shape index (κ3) is 12.0.